The zero-order valence-corrected chi connectivity index (χ0v) is 21.5. The van der Waals surface area contributed by atoms with Gasteiger partial charge >= 0.3 is 16.3 Å². The molecular formula is C21H23Cl2FN4O7S. The Bertz CT molecular complexity index is 1260. The molecule has 11 nitrogen and oxygen atoms in total. The van der Waals surface area contributed by atoms with Gasteiger partial charge in [-0.2, -0.15) is 12.7 Å². The number of hydrogen-bond donors (Lipinski definition) is 2. The van der Waals surface area contributed by atoms with Gasteiger partial charge in [-0.3, -0.25) is 4.79 Å². The molecule has 2 amide bonds. The molecular weight excluding hydrogens is 542 g/mol. The monoisotopic (exact) mass is 564 g/mol. The molecule has 0 atom stereocenters. The maximum absolute atomic E-state index is 14.7. The molecule has 36 heavy (non-hydrogen) atoms. The van der Waals surface area contributed by atoms with Crippen LogP contribution in [0.15, 0.2) is 24.4 Å². The van der Waals surface area contributed by atoms with Crippen molar-refractivity contribution in [2.45, 2.75) is 13.8 Å². The van der Waals surface area contributed by atoms with Crippen molar-refractivity contribution in [1.82, 2.24) is 18.9 Å². The van der Waals surface area contributed by atoms with E-state index in [0.29, 0.717) is 6.61 Å². The summed E-state index contributed by atoms with van der Waals surface area (Å²) in [6.07, 6.45) is 0.121. The minimum Gasteiger partial charge on any atom is -0.476 e. The Morgan fingerprint density at radius 2 is 1.83 bits per heavy atom. The van der Waals surface area contributed by atoms with Crippen LogP contribution in [0.1, 0.15) is 24.2 Å². The Labute approximate surface area is 216 Å². The topological polar surface area (TPSA) is 138 Å². The Morgan fingerprint density at radius 3 is 2.42 bits per heavy atom. The first-order valence-corrected chi connectivity index (χ1v) is 12.8. The van der Waals surface area contributed by atoms with Crippen molar-refractivity contribution in [2.75, 3.05) is 32.8 Å². The van der Waals surface area contributed by atoms with Gasteiger partial charge in [-0.05, 0) is 12.0 Å². The Kier molecular flexibility index (Phi) is 8.82. The second-order valence-corrected chi connectivity index (χ2v) is 10.6. The van der Waals surface area contributed by atoms with E-state index in [0.717, 1.165) is 21.3 Å². The van der Waals surface area contributed by atoms with Crippen molar-refractivity contribution in [2.24, 2.45) is 5.92 Å². The average molecular weight is 565 g/mol. The van der Waals surface area contributed by atoms with Gasteiger partial charge in [-0.25, -0.2) is 18.9 Å². The number of carbonyl (C=O) groups excluding carboxylic acids is 1. The van der Waals surface area contributed by atoms with E-state index in [1.54, 1.807) is 4.72 Å². The van der Waals surface area contributed by atoms with Crippen LogP contribution in [0.4, 0.5) is 9.18 Å². The molecule has 2 N–H and O–H groups in total. The molecule has 1 saturated heterocycles. The molecule has 1 aromatic carbocycles. The van der Waals surface area contributed by atoms with Gasteiger partial charge in [0.2, 0.25) is 5.88 Å². The number of aromatic nitrogens is 1. The lowest BCUT2D eigenvalue weighted by Crippen LogP contribution is -2.53. The minimum atomic E-state index is -4.35. The summed E-state index contributed by atoms with van der Waals surface area (Å²) in [5, 5.41) is 8.95. The lowest BCUT2D eigenvalue weighted by atomic mass is 10.2. The number of nitrogens with zero attached hydrogens (tertiary/aromatic N) is 3. The van der Waals surface area contributed by atoms with Crippen LogP contribution >= 0.6 is 23.2 Å². The molecule has 0 unspecified atom stereocenters. The summed E-state index contributed by atoms with van der Waals surface area (Å²) in [5.41, 5.74) is -0.631. The molecule has 2 aromatic rings. The van der Waals surface area contributed by atoms with Crippen molar-refractivity contribution < 1.29 is 37.0 Å². The zero-order chi connectivity index (χ0) is 26.6. The van der Waals surface area contributed by atoms with Gasteiger partial charge in [-0.1, -0.05) is 37.0 Å². The van der Waals surface area contributed by atoms with Gasteiger partial charge in [0.15, 0.2) is 0 Å². The molecule has 196 valence electrons. The quantitative estimate of drug-likeness (QED) is 0.495. The van der Waals surface area contributed by atoms with Crippen LogP contribution in [0.3, 0.4) is 0 Å². The van der Waals surface area contributed by atoms with Crippen LogP contribution in [0.2, 0.25) is 10.0 Å². The van der Waals surface area contributed by atoms with Gasteiger partial charge < -0.3 is 19.5 Å². The summed E-state index contributed by atoms with van der Waals surface area (Å²) >= 11 is 12.3. The van der Waals surface area contributed by atoms with Crippen molar-refractivity contribution in [1.29, 1.82) is 0 Å². The predicted octanol–water partition coefficient (Wildman–Crippen LogP) is 3.62. The third kappa shape index (κ3) is 6.87. The molecule has 0 spiro atoms. The first-order valence-electron chi connectivity index (χ1n) is 10.6. The van der Waals surface area contributed by atoms with Crippen LogP contribution in [0, 0.1) is 11.7 Å². The highest BCUT2D eigenvalue weighted by Gasteiger charge is 2.31. The lowest BCUT2D eigenvalue weighted by molar-refractivity contribution is 0.0970. The molecule has 1 aromatic heterocycles. The molecule has 3 rings (SSSR count). The van der Waals surface area contributed by atoms with Crippen LogP contribution in [0.25, 0.3) is 0 Å². The average Bonchev–Trinajstić information content (AvgIpc) is 2.80. The SMILES string of the molecule is CC(C)COc1ncc(Oc2cc(F)c(C(=O)NS(=O)(=O)N3CCN(C(=O)O)CC3)cc2Cl)cc1Cl. The van der Waals surface area contributed by atoms with Gasteiger partial charge in [0.25, 0.3) is 5.91 Å². The number of hydrogen-bond acceptors (Lipinski definition) is 7. The highest BCUT2D eigenvalue weighted by Crippen LogP contribution is 2.34. The van der Waals surface area contributed by atoms with E-state index in [4.69, 9.17) is 37.8 Å². The summed E-state index contributed by atoms with van der Waals surface area (Å²) in [4.78, 5) is 28.6. The highest BCUT2D eigenvalue weighted by atomic mass is 35.5. The number of carbonyl (C=O) groups is 2. The third-order valence-electron chi connectivity index (χ3n) is 4.90. The second kappa shape index (κ2) is 11.5. The van der Waals surface area contributed by atoms with Crippen LogP contribution < -0.4 is 14.2 Å². The van der Waals surface area contributed by atoms with E-state index in [-0.39, 0.29) is 59.5 Å². The first-order chi connectivity index (χ1) is 16.9. The number of ether oxygens (including phenoxy) is 2. The molecule has 1 fully saturated rings. The van der Waals surface area contributed by atoms with E-state index in [1.807, 2.05) is 13.8 Å². The van der Waals surface area contributed by atoms with Gasteiger partial charge in [0.1, 0.15) is 22.3 Å². The standard InChI is InChI=1S/C21H23Cl2FN4O7S/c1-12(2)11-34-20-16(23)7-13(10-25-20)35-18-9-17(24)14(8-15(18)22)19(29)26-36(32,33)28-5-3-27(4-6-28)21(30)31/h7-10,12H,3-6,11H2,1-2H3,(H,26,29)(H,30,31). The molecule has 2 heterocycles. The fraction of sp³-hybridized carbons (Fsp3) is 0.381. The molecule has 0 saturated carbocycles. The fourth-order valence-electron chi connectivity index (χ4n) is 3.08. The summed E-state index contributed by atoms with van der Waals surface area (Å²) in [5.74, 6) is -1.92. The van der Waals surface area contributed by atoms with Gasteiger partial charge in [-0.15, -0.1) is 0 Å². The van der Waals surface area contributed by atoms with E-state index < -0.39 is 33.6 Å². The number of piperazine rings is 1. The van der Waals surface area contributed by atoms with E-state index in [2.05, 4.69) is 4.98 Å². The maximum atomic E-state index is 14.7. The Balaban J connectivity index is 1.70. The molecule has 1 aliphatic rings. The normalized spacial score (nSPS) is 14.6. The van der Waals surface area contributed by atoms with E-state index in [9.17, 15) is 22.4 Å². The summed E-state index contributed by atoms with van der Waals surface area (Å²) in [6, 6.07) is 3.15. The number of rotatable bonds is 8. The summed E-state index contributed by atoms with van der Waals surface area (Å²) < 4.78 is 53.4. The number of nitrogens with one attached hydrogen (secondary N) is 1. The van der Waals surface area contributed by atoms with E-state index >= 15 is 0 Å². The second-order valence-electron chi connectivity index (χ2n) is 8.13. The van der Waals surface area contributed by atoms with Crippen molar-refractivity contribution in [3.63, 3.8) is 0 Å². The zero-order valence-electron chi connectivity index (χ0n) is 19.2. The van der Waals surface area contributed by atoms with Crippen molar-refractivity contribution >= 4 is 45.4 Å². The first kappa shape index (κ1) is 27.7. The van der Waals surface area contributed by atoms with Crippen LogP contribution in [0.5, 0.6) is 17.4 Å². The van der Waals surface area contributed by atoms with Crippen molar-refractivity contribution in [3.05, 3.63) is 45.8 Å². The van der Waals surface area contributed by atoms with Gasteiger partial charge in [0.05, 0.1) is 23.4 Å². The fourth-order valence-corrected chi connectivity index (χ4v) is 4.61. The Hall–Kier alpha value is -2.87. The number of benzene rings is 1. The lowest BCUT2D eigenvalue weighted by Gasteiger charge is -2.32. The van der Waals surface area contributed by atoms with E-state index in [1.165, 1.54) is 12.3 Å². The third-order valence-corrected chi connectivity index (χ3v) is 6.95. The molecule has 15 heteroatoms. The molecule has 0 aliphatic carbocycles. The number of pyridine rings is 1. The molecule has 0 bridgehead atoms. The van der Waals surface area contributed by atoms with Crippen molar-refractivity contribution in [3.8, 4) is 17.4 Å². The minimum absolute atomic E-state index is 0.0691. The maximum Gasteiger partial charge on any atom is 0.407 e. The van der Waals surface area contributed by atoms with Crippen LogP contribution in [-0.4, -0.2) is 72.5 Å². The highest BCUT2D eigenvalue weighted by molar-refractivity contribution is 7.87. The Morgan fingerprint density at radius 1 is 1.17 bits per heavy atom. The summed E-state index contributed by atoms with van der Waals surface area (Å²) in [7, 11) is -4.35. The smallest absolute Gasteiger partial charge is 0.407 e. The predicted molar refractivity (Wildman–Crippen MR) is 129 cm³/mol. The molecule has 1 aliphatic heterocycles. The largest absolute Gasteiger partial charge is 0.476 e. The van der Waals surface area contributed by atoms with Gasteiger partial charge in [0, 0.05) is 38.3 Å². The number of carboxylic acid groups (broad SMARTS) is 1. The van der Waals surface area contributed by atoms with Crippen LogP contribution in [-0.2, 0) is 10.2 Å². The molecule has 0 radical (unpaired) electrons. The number of halogens is 3. The summed E-state index contributed by atoms with van der Waals surface area (Å²) in [6.45, 7) is 3.86. The number of amides is 2.